The van der Waals surface area contributed by atoms with Gasteiger partial charge in [-0.2, -0.15) is 0 Å². The Labute approximate surface area is 183 Å². The van der Waals surface area contributed by atoms with Crippen LogP contribution < -0.4 is 4.74 Å². The largest absolute Gasteiger partial charge is 0.493 e. The van der Waals surface area contributed by atoms with Gasteiger partial charge in [0, 0.05) is 29.9 Å². The van der Waals surface area contributed by atoms with Gasteiger partial charge in [-0.25, -0.2) is 4.98 Å². The number of nitro benzene ring substituents is 1. The van der Waals surface area contributed by atoms with E-state index in [2.05, 4.69) is 9.72 Å². The molecule has 0 radical (unpaired) electrons. The monoisotopic (exact) mass is 442 g/mol. The van der Waals surface area contributed by atoms with Gasteiger partial charge in [-0.05, 0) is 36.8 Å². The topological polar surface area (TPSA) is 105 Å². The van der Waals surface area contributed by atoms with E-state index in [0.717, 1.165) is 17.0 Å². The molecule has 3 aromatic rings. The average Bonchev–Trinajstić information content (AvgIpc) is 3.14. The summed E-state index contributed by atoms with van der Waals surface area (Å²) >= 11 is 1.48. The highest BCUT2D eigenvalue weighted by Crippen LogP contribution is 2.24. The van der Waals surface area contributed by atoms with Crippen LogP contribution in [0.5, 0.6) is 5.75 Å². The molecule has 0 unspecified atom stereocenters. The number of hydrogen-bond acceptors (Lipinski definition) is 8. The Morgan fingerprint density at radius 1 is 1.23 bits per heavy atom. The van der Waals surface area contributed by atoms with Gasteiger partial charge >= 0.3 is 5.97 Å². The Hall–Kier alpha value is -3.33. The van der Waals surface area contributed by atoms with Crippen LogP contribution in [0.2, 0.25) is 0 Å². The second-order valence-electron chi connectivity index (χ2n) is 6.64. The quantitative estimate of drug-likeness (QED) is 0.255. The maximum atomic E-state index is 11.2. The smallest absolute Gasteiger partial charge is 0.315 e. The summed E-state index contributed by atoms with van der Waals surface area (Å²) in [6.45, 7) is 2.25. The van der Waals surface area contributed by atoms with Crippen LogP contribution in [0.1, 0.15) is 17.0 Å². The minimum Gasteiger partial charge on any atom is -0.493 e. The molecular weight excluding hydrogens is 420 g/mol. The molecule has 0 aliphatic rings. The highest BCUT2D eigenvalue weighted by molar-refractivity contribution is 7.99. The predicted molar refractivity (Wildman–Crippen MR) is 117 cm³/mol. The van der Waals surface area contributed by atoms with Gasteiger partial charge in [-0.15, -0.1) is 11.8 Å². The molecule has 162 valence electrons. The summed E-state index contributed by atoms with van der Waals surface area (Å²) < 4.78 is 16.2. The van der Waals surface area contributed by atoms with E-state index < -0.39 is 4.92 Å². The summed E-state index contributed by atoms with van der Waals surface area (Å²) in [5.41, 5.74) is 2.53. The lowest BCUT2D eigenvalue weighted by atomic mass is 10.2. The Morgan fingerprint density at radius 3 is 2.71 bits per heavy atom. The second-order valence-corrected chi connectivity index (χ2v) is 7.63. The molecule has 2 aromatic carbocycles. The molecule has 8 nitrogen and oxygen atoms in total. The summed E-state index contributed by atoms with van der Waals surface area (Å²) in [5, 5.41) is 10.8. The normalized spacial score (nSPS) is 10.6. The molecule has 0 aliphatic carbocycles. The summed E-state index contributed by atoms with van der Waals surface area (Å²) in [4.78, 5) is 26.0. The van der Waals surface area contributed by atoms with Gasteiger partial charge in [0.2, 0.25) is 5.89 Å². The van der Waals surface area contributed by atoms with Crippen molar-refractivity contribution >= 4 is 23.4 Å². The van der Waals surface area contributed by atoms with Crippen molar-refractivity contribution in [1.82, 2.24) is 4.98 Å². The van der Waals surface area contributed by atoms with Crippen molar-refractivity contribution in [2.75, 3.05) is 19.5 Å². The van der Waals surface area contributed by atoms with E-state index >= 15 is 0 Å². The lowest BCUT2D eigenvalue weighted by Gasteiger charge is -2.07. The zero-order valence-electron chi connectivity index (χ0n) is 17.2. The molecule has 31 heavy (non-hydrogen) atoms. The lowest BCUT2D eigenvalue weighted by molar-refractivity contribution is -0.384. The summed E-state index contributed by atoms with van der Waals surface area (Å²) in [7, 11) is 1.38. The number of carbonyl (C=O) groups excluding carboxylic acids is 1. The summed E-state index contributed by atoms with van der Waals surface area (Å²) in [6, 6.07) is 13.8. The van der Waals surface area contributed by atoms with Crippen LogP contribution in [0, 0.1) is 17.0 Å². The molecule has 0 N–H and O–H groups in total. The van der Waals surface area contributed by atoms with Gasteiger partial charge in [-0.1, -0.05) is 12.1 Å². The van der Waals surface area contributed by atoms with Crippen molar-refractivity contribution < 1.29 is 23.6 Å². The number of rotatable bonds is 10. The fourth-order valence-corrected chi connectivity index (χ4v) is 3.61. The van der Waals surface area contributed by atoms with Gasteiger partial charge in [0.05, 0.1) is 30.1 Å². The molecule has 0 bridgehead atoms. The van der Waals surface area contributed by atoms with E-state index in [1.807, 2.05) is 31.2 Å². The number of oxazole rings is 1. The van der Waals surface area contributed by atoms with Crippen LogP contribution in [0.4, 0.5) is 5.69 Å². The fourth-order valence-electron chi connectivity index (χ4n) is 2.81. The molecule has 0 atom stereocenters. The van der Waals surface area contributed by atoms with Crippen LogP contribution >= 0.6 is 11.8 Å². The molecule has 3 rings (SSSR count). The first-order valence-corrected chi connectivity index (χ1v) is 10.7. The highest BCUT2D eigenvalue weighted by Gasteiger charge is 2.13. The number of nitrogens with zero attached hydrogens (tertiary/aromatic N) is 2. The lowest BCUT2D eigenvalue weighted by Crippen LogP contribution is -2.04. The molecule has 0 aliphatic heterocycles. The molecule has 1 aromatic heterocycles. The van der Waals surface area contributed by atoms with Crippen LogP contribution in [-0.4, -0.2) is 35.3 Å². The van der Waals surface area contributed by atoms with E-state index in [1.54, 1.807) is 12.1 Å². The minimum absolute atomic E-state index is 0.0200. The standard InChI is InChI=1S/C22H22N2O6S/c1-15-20(23-22(30-15)17-6-8-18(9-7-17)24(26)27)10-11-29-19-5-3-4-16(12-19)13-31-14-21(25)28-2/h3-9,12H,10-11,13-14H2,1-2H3. The Kier molecular flexibility index (Phi) is 7.66. The third-order valence-electron chi connectivity index (χ3n) is 4.44. The van der Waals surface area contributed by atoms with Crippen LogP contribution in [0.25, 0.3) is 11.5 Å². The van der Waals surface area contributed by atoms with Crippen LogP contribution in [0.3, 0.4) is 0 Å². The first-order chi connectivity index (χ1) is 15.0. The van der Waals surface area contributed by atoms with Crippen LogP contribution in [-0.2, 0) is 21.7 Å². The number of carbonyl (C=O) groups is 1. The number of thioether (sulfide) groups is 1. The molecule has 0 fully saturated rings. The van der Waals surface area contributed by atoms with Gasteiger partial charge in [0.25, 0.3) is 5.69 Å². The van der Waals surface area contributed by atoms with Crippen LogP contribution in [0.15, 0.2) is 52.9 Å². The maximum Gasteiger partial charge on any atom is 0.315 e. The molecule has 1 heterocycles. The number of aromatic nitrogens is 1. The van der Waals surface area contributed by atoms with E-state index in [9.17, 15) is 14.9 Å². The first-order valence-electron chi connectivity index (χ1n) is 9.53. The molecule has 0 saturated heterocycles. The molecular formula is C22H22N2O6S. The Balaban J connectivity index is 1.54. The zero-order valence-corrected chi connectivity index (χ0v) is 18.0. The summed E-state index contributed by atoms with van der Waals surface area (Å²) in [6.07, 6.45) is 0.559. The van der Waals surface area contributed by atoms with Crippen molar-refractivity contribution in [3.63, 3.8) is 0 Å². The second kappa shape index (κ2) is 10.6. The van der Waals surface area contributed by atoms with Crippen molar-refractivity contribution in [2.45, 2.75) is 19.1 Å². The number of hydrogen-bond donors (Lipinski definition) is 0. The first kappa shape index (κ1) is 22.4. The third-order valence-corrected chi connectivity index (χ3v) is 5.42. The Bertz CT molecular complexity index is 1050. The maximum absolute atomic E-state index is 11.2. The van der Waals surface area contributed by atoms with Gasteiger partial charge in [-0.3, -0.25) is 14.9 Å². The van der Waals surface area contributed by atoms with Crippen molar-refractivity contribution in [1.29, 1.82) is 0 Å². The minimum atomic E-state index is -0.444. The molecule has 0 spiro atoms. The fraction of sp³-hybridized carbons (Fsp3) is 0.273. The van der Waals surface area contributed by atoms with Gasteiger partial charge in [0.1, 0.15) is 11.5 Å². The average molecular weight is 442 g/mol. The summed E-state index contributed by atoms with van der Waals surface area (Å²) in [5.74, 6) is 2.61. The van der Waals surface area contributed by atoms with E-state index in [-0.39, 0.29) is 11.7 Å². The SMILES string of the molecule is COC(=O)CSCc1cccc(OCCc2nc(-c3ccc([N+](=O)[O-])cc3)oc2C)c1. The number of ether oxygens (including phenoxy) is 2. The van der Waals surface area contributed by atoms with Crippen molar-refractivity contribution in [2.24, 2.45) is 0 Å². The Morgan fingerprint density at radius 2 is 2.00 bits per heavy atom. The number of nitro groups is 1. The van der Waals surface area contributed by atoms with Gasteiger partial charge < -0.3 is 13.9 Å². The number of aryl methyl sites for hydroxylation is 1. The number of esters is 1. The van der Waals surface area contributed by atoms with Gasteiger partial charge in [0.15, 0.2) is 0 Å². The molecule has 0 saturated carbocycles. The van der Waals surface area contributed by atoms with E-state index in [4.69, 9.17) is 9.15 Å². The predicted octanol–water partition coefficient (Wildman–Crippen LogP) is 4.59. The van der Waals surface area contributed by atoms with E-state index in [1.165, 1.54) is 31.0 Å². The van der Waals surface area contributed by atoms with E-state index in [0.29, 0.717) is 41.7 Å². The van der Waals surface area contributed by atoms with Crippen molar-refractivity contribution in [3.8, 4) is 17.2 Å². The number of benzene rings is 2. The number of non-ortho nitro benzene ring substituents is 1. The van der Waals surface area contributed by atoms with Crippen molar-refractivity contribution in [3.05, 3.63) is 75.7 Å². The third kappa shape index (κ3) is 6.32. The highest BCUT2D eigenvalue weighted by atomic mass is 32.2. The number of methoxy groups -OCH3 is 1. The molecule has 0 amide bonds. The molecule has 9 heteroatoms. The zero-order chi connectivity index (χ0) is 22.2.